The first-order valence-electron chi connectivity index (χ1n) is 14.5. The van der Waals surface area contributed by atoms with Crippen molar-refractivity contribution < 1.29 is 24.2 Å². The smallest absolute Gasteiger partial charge is 0.657 e. The maximum Gasteiger partial charge on any atom is 2.00 e. The molecule has 5 heterocycles. The Morgan fingerprint density at radius 3 is 1.56 bits per heavy atom. The number of nitrogens with zero attached hydrogens (tertiary/aromatic N) is 4. The normalized spacial score (nSPS) is 11.8. The Morgan fingerprint density at radius 1 is 0.489 bits per heavy atom. The predicted octanol–water partition coefficient (Wildman–Crippen LogP) is 8.92. The van der Waals surface area contributed by atoms with Crippen LogP contribution in [0.15, 0.2) is 115 Å². The second kappa shape index (κ2) is 12.0. The monoisotopic (exact) mass is 630 g/mol. The van der Waals surface area contributed by atoms with Gasteiger partial charge in [0.05, 0.1) is 29.9 Å². The van der Waals surface area contributed by atoms with Gasteiger partial charge < -0.3 is 14.7 Å². The van der Waals surface area contributed by atoms with Crippen LogP contribution < -0.4 is 14.7 Å². The Morgan fingerprint density at radius 2 is 0.978 bits per heavy atom. The summed E-state index contributed by atoms with van der Waals surface area (Å²) in [5.74, 6) is 0.794. The van der Waals surface area contributed by atoms with Crippen molar-refractivity contribution in [2.75, 3.05) is 7.11 Å². The molecular weight excluding hydrogens is 606 g/mol. The van der Waals surface area contributed by atoms with E-state index in [1.165, 1.54) is 0 Å². The van der Waals surface area contributed by atoms with Crippen LogP contribution in [0.3, 0.4) is 0 Å². The van der Waals surface area contributed by atoms with Crippen LogP contribution >= 0.6 is 0 Å². The van der Waals surface area contributed by atoms with E-state index >= 15 is 0 Å². The summed E-state index contributed by atoms with van der Waals surface area (Å²) in [6.45, 7) is 0. The second-order valence-corrected chi connectivity index (χ2v) is 10.7. The van der Waals surface area contributed by atoms with E-state index in [0.29, 0.717) is 0 Å². The quantitative estimate of drug-likeness (QED) is 0.182. The molecule has 0 spiro atoms. The van der Waals surface area contributed by atoms with E-state index in [1.54, 1.807) is 7.11 Å². The van der Waals surface area contributed by atoms with Crippen LogP contribution in [0, 0.1) is 0 Å². The number of rotatable bonds is 4. The maximum atomic E-state index is 5.46. The number of fused-ring (bicyclic) bond motifs is 8. The molecule has 5 nitrogen and oxygen atoms in total. The third-order valence-electron chi connectivity index (χ3n) is 7.94. The molecule has 6 aromatic rings. The van der Waals surface area contributed by atoms with Gasteiger partial charge in [-0.1, -0.05) is 103 Å². The minimum absolute atomic E-state index is 0. The average molecular weight is 632 g/mol. The molecule has 0 saturated carbocycles. The van der Waals surface area contributed by atoms with E-state index in [-0.39, 0.29) is 19.5 Å². The summed E-state index contributed by atoms with van der Waals surface area (Å²) >= 11 is 0. The van der Waals surface area contributed by atoms with Gasteiger partial charge in [-0.15, -0.1) is 22.1 Å². The molecule has 8 bridgehead atoms. The van der Waals surface area contributed by atoms with Crippen molar-refractivity contribution in [3.8, 4) is 39.1 Å². The Labute approximate surface area is 273 Å². The summed E-state index contributed by atoms with van der Waals surface area (Å²) in [5, 5.41) is 0. The molecular formula is C39H26N4OZn. The first-order chi connectivity index (χ1) is 21.7. The zero-order chi connectivity index (χ0) is 29.5. The first-order valence-corrected chi connectivity index (χ1v) is 14.5. The van der Waals surface area contributed by atoms with Gasteiger partial charge >= 0.3 is 19.5 Å². The van der Waals surface area contributed by atoms with Crippen LogP contribution in [0.5, 0.6) is 5.75 Å². The van der Waals surface area contributed by atoms with Gasteiger partial charge in [0.15, 0.2) is 0 Å². The Balaban J connectivity index is 0.00000325. The maximum absolute atomic E-state index is 5.46. The Bertz CT molecular complexity index is 2210. The molecule has 0 aliphatic carbocycles. The largest absolute Gasteiger partial charge is 2.00 e. The molecule has 0 amide bonds. The molecule has 3 aromatic carbocycles. The van der Waals surface area contributed by atoms with E-state index in [9.17, 15) is 0 Å². The van der Waals surface area contributed by atoms with Gasteiger partial charge in [-0.25, -0.2) is 9.97 Å². The van der Waals surface area contributed by atoms with Crippen molar-refractivity contribution in [2.24, 2.45) is 0 Å². The third kappa shape index (κ3) is 5.35. The molecule has 0 unspecified atom stereocenters. The van der Waals surface area contributed by atoms with Crippen LogP contribution in [0.1, 0.15) is 22.8 Å². The topological polar surface area (TPSA) is 63.2 Å². The van der Waals surface area contributed by atoms with Crippen LogP contribution in [0.2, 0.25) is 0 Å². The summed E-state index contributed by atoms with van der Waals surface area (Å²) in [5.41, 5.74) is 12.8. The van der Waals surface area contributed by atoms with Gasteiger partial charge in [-0.2, -0.15) is 0 Å². The van der Waals surface area contributed by atoms with Gasteiger partial charge in [-0.05, 0) is 69.8 Å². The molecule has 2 aliphatic heterocycles. The summed E-state index contributed by atoms with van der Waals surface area (Å²) in [6.07, 6.45) is 8.25. The molecule has 8 rings (SSSR count). The number of aromatic nitrogens is 4. The number of hydrogen-bond donors (Lipinski definition) is 0. The summed E-state index contributed by atoms with van der Waals surface area (Å²) in [4.78, 5) is 20.6. The van der Waals surface area contributed by atoms with Crippen LogP contribution in [0.25, 0.3) is 79.8 Å². The fourth-order valence-electron chi connectivity index (χ4n) is 5.88. The van der Waals surface area contributed by atoms with Crippen molar-refractivity contribution >= 4 is 46.4 Å². The van der Waals surface area contributed by atoms with Crippen molar-refractivity contribution in [3.05, 3.63) is 138 Å². The van der Waals surface area contributed by atoms with Crippen LogP contribution in [0.4, 0.5) is 0 Å². The van der Waals surface area contributed by atoms with E-state index in [0.717, 1.165) is 84.0 Å². The zero-order valence-electron chi connectivity index (χ0n) is 24.7. The molecule has 2 aliphatic rings. The van der Waals surface area contributed by atoms with Crippen molar-refractivity contribution in [2.45, 2.75) is 0 Å². The number of benzene rings is 3. The van der Waals surface area contributed by atoms with Gasteiger partial charge in [0.25, 0.3) is 0 Å². The molecule has 3 aromatic heterocycles. The standard InChI is InChI=1S/C39H26N4O.Zn/c1-44-30-16-12-27(13-17-30)39-35-22-20-33(42-35)37(25-8-4-2-5-9-25)31-18-14-28(40-31)24-29-15-19-32(41-29)38(26-10-6-3-7-11-26)34-21-23-36(39)43-34;/h2-24H,1H3;/q-2;+2. The SMILES string of the molecule is COc1ccc(-c2c3nc(c(-c4ccccc4)c4ccc(cc5nc(c(-c6ccccc6)c6ccc2[n-]6)C=C5)[n-]4)C=C3)cc1.[Zn+2]. The summed E-state index contributed by atoms with van der Waals surface area (Å²) < 4.78 is 5.46. The second-order valence-electron chi connectivity index (χ2n) is 10.7. The molecule has 0 saturated heterocycles. The van der Waals surface area contributed by atoms with Gasteiger partial charge in [-0.3, -0.25) is 0 Å². The van der Waals surface area contributed by atoms with E-state index in [1.807, 2.05) is 66.7 Å². The van der Waals surface area contributed by atoms with E-state index in [4.69, 9.17) is 24.7 Å². The Kier molecular flexibility index (Phi) is 7.58. The molecule has 0 radical (unpaired) electrons. The van der Waals surface area contributed by atoms with Crippen LogP contribution in [-0.4, -0.2) is 17.1 Å². The van der Waals surface area contributed by atoms with Crippen molar-refractivity contribution in [1.82, 2.24) is 19.9 Å². The van der Waals surface area contributed by atoms with Gasteiger partial charge in [0, 0.05) is 0 Å². The van der Waals surface area contributed by atoms with E-state index < -0.39 is 0 Å². The zero-order valence-corrected chi connectivity index (χ0v) is 27.7. The number of methoxy groups -OCH3 is 1. The fraction of sp³-hybridized carbons (Fsp3) is 0.0256. The fourth-order valence-corrected chi connectivity index (χ4v) is 5.88. The average Bonchev–Trinajstić information content (AvgIpc) is 3.90. The first kappa shape index (κ1) is 28.5. The summed E-state index contributed by atoms with van der Waals surface area (Å²) in [6, 6.07) is 39.0. The predicted molar refractivity (Wildman–Crippen MR) is 180 cm³/mol. The van der Waals surface area contributed by atoms with Gasteiger partial charge in [0.1, 0.15) is 5.75 Å². The van der Waals surface area contributed by atoms with Crippen molar-refractivity contribution in [1.29, 1.82) is 0 Å². The van der Waals surface area contributed by atoms with Gasteiger partial charge in [0.2, 0.25) is 0 Å². The molecule has 6 heteroatoms. The molecule has 0 N–H and O–H groups in total. The number of ether oxygens (including phenoxy) is 1. The minimum Gasteiger partial charge on any atom is -0.657 e. The third-order valence-corrected chi connectivity index (χ3v) is 7.94. The molecule has 210 valence electrons. The minimum atomic E-state index is 0. The van der Waals surface area contributed by atoms with Crippen molar-refractivity contribution in [3.63, 3.8) is 0 Å². The number of hydrogen-bond acceptors (Lipinski definition) is 3. The Hall–Kier alpha value is -5.32. The molecule has 45 heavy (non-hydrogen) atoms. The van der Waals surface area contributed by atoms with Crippen LogP contribution in [-0.2, 0) is 19.5 Å². The molecule has 0 fully saturated rings. The summed E-state index contributed by atoms with van der Waals surface area (Å²) in [7, 11) is 1.68. The van der Waals surface area contributed by atoms with E-state index in [2.05, 4.69) is 72.8 Å². The molecule has 0 atom stereocenters.